The SMILES string of the molecule is CC(C)C(=O)N/N=C/C1(F)CC1. The molecule has 0 aromatic heterocycles. The molecule has 1 N–H and O–H groups in total. The van der Waals surface area contributed by atoms with Gasteiger partial charge in [-0.25, -0.2) is 9.82 Å². The monoisotopic (exact) mass is 172 g/mol. The molecule has 12 heavy (non-hydrogen) atoms. The minimum atomic E-state index is -1.23. The summed E-state index contributed by atoms with van der Waals surface area (Å²) < 4.78 is 12.9. The Labute approximate surface area is 71.0 Å². The van der Waals surface area contributed by atoms with Gasteiger partial charge in [-0.3, -0.25) is 4.79 Å². The first-order chi connectivity index (χ1) is 5.53. The molecule has 68 valence electrons. The number of nitrogens with one attached hydrogen (secondary N) is 1. The van der Waals surface area contributed by atoms with E-state index in [9.17, 15) is 9.18 Å². The van der Waals surface area contributed by atoms with Crippen LogP contribution in [0.25, 0.3) is 0 Å². The van der Waals surface area contributed by atoms with Crippen LogP contribution in [0.1, 0.15) is 26.7 Å². The quantitative estimate of drug-likeness (QED) is 0.505. The van der Waals surface area contributed by atoms with Gasteiger partial charge in [-0.05, 0) is 12.8 Å². The number of carbonyl (C=O) groups is 1. The summed E-state index contributed by atoms with van der Waals surface area (Å²) in [6.45, 7) is 3.51. The van der Waals surface area contributed by atoms with Gasteiger partial charge < -0.3 is 0 Å². The van der Waals surface area contributed by atoms with Crippen LogP contribution in [0.3, 0.4) is 0 Å². The first kappa shape index (κ1) is 9.16. The Morgan fingerprint density at radius 3 is 2.67 bits per heavy atom. The van der Waals surface area contributed by atoms with Crippen LogP contribution in [-0.4, -0.2) is 17.8 Å². The maximum Gasteiger partial charge on any atom is 0.242 e. The summed E-state index contributed by atoms with van der Waals surface area (Å²) in [5.41, 5.74) is 1.04. The fourth-order valence-electron chi connectivity index (χ4n) is 0.589. The molecule has 0 spiro atoms. The second-order valence-electron chi connectivity index (χ2n) is 3.42. The van der Waals surface area contributed by atoms with Crippen molar-refractivity contribution in [3.8, 4) is 0 Å². The zero-order valence-electron chi connectivity index (χ0n) is 7.30. The highest BCUT2D eigenvalue weighted by molar-refractivity contribution is 5.80. The Morgan fingerprint density at radius 2 is 2.25 bits per heavy atom. The average molecular weight is 172 g/mol. The number of rotatable bonds is 3. The van der Waals surface area contributed by atoms with Gasteiger partial charge in [-0.15, -0.1) is 0 Å². The lowest BCUT2D eigenvalue weighted by atomic mass is 10.2. The van der Waals surface area contributed by atoms with Crippen LogP contribution >= 0.6 is 0 Å². The second kappa shape index (κ2) is 3.21. The number of hydrazone groups is 1. The molecule has 0 aromatic rings. The molecule has 1 fully saturated rings. The first-order valence-electron chi connectivity index (χ1n) is 4.06. The Bertz CT molecular complexity index is 209. The van der Waals surface area contributed by atoms with Crippen molar-refractivity contribution in [2.24, 2.45) is 11.0 Å². The van der Waals surface area contributed by atoms with Gasteiger partial charge in [0.15, 0.2) is 0 Å². The van der Waals surface area contributed by atoms with Crippen LogP contribution in [0.15, 0.2) is 5.10 Å². The number of nitrogens with zero attached hydrogens (tertiary/aromatic N) is 1. The summed E-state index contributed by atoms with van der Waals surface area (Å²) in [6, 6.07) is 0. The predicted octanol–water partition coefficient (Wildman–Crippen LogP) is 1.25. The predicted molar refractivity (Wildman–Crippen MR) is 44.5 cm³/mol. The molecule has 1 amide bonds. The lowest BCUT2D eigenvalue weighted by molar-refractivity contribution is -0.123. The van der Waals surface area contributed by atoms with E-state index in [1.54, 1.807) is 13.8 Å². The number of amides is 1. The van der Waals surface area contributed by atoms with Crippen molar-refractivity contribution >= 4 is 12.1 Å². The van der Waals surface area contributed by atoms with Gasteiger partial charge in [-0.1, -0.05) is 13.8 Å². The van der Waals surface area contributed by atoms with E-state index in [2.05, 4.69) is 10.5 Å². The van der Waals surface area contributed by atoms with Crippen molar-refractivity contribution < 1.29 is 9.18 Å². The van der Waals surface area contributed by atoms with E-state index in [-0.39, 0.29) is 11.8 Å². The highest BCUT2D eigenvalue weighted by Gasteiger charge is 2.41. The fourth-order valence-corrected chi connectivity index (χ4v) is 0.589. The third-order valence-corrected chi connectivity index (χ3v) is 1.72. The van der Waals surface area contributed by atoms with Gasteiger partial charge in [0.1, 0.15) is 5.67 Å². The molecule has 0 saturated heterocycles. The smallest absolute Gasteiger partial charge is 0.242 e. The molecule has 4 heteroatoms. The molecular formula is C8H13FN2O. The summed E-state index contributed by atoms with van der Waals surface area (Å²) in [5.74, 6) is -0.299. The second-order valence-corrected chi connectivity index (χ2v) is 3.42. The highest BCUT2D eigenvalue weighted by atomic mass is 19.1. The zero-order chi connectivity index (χ0) is 9.19. The summed E-state index contributed by atoms with van der Waals surface area (Å²) >= 11 is 0. The summed E-state index contributed by atoms with van der Waals surface area (Å²) in [7, 11) is 0. The van der Waals surface area contributed by atoms with Gasteiger partial charge in [0.2, 0.25) is 5.91 Å². The van der Waals surface area contributed by atoms with Crippen LogP contribution in [0.5, 0.6) is 0 Å². The largest absolute Gasteiger partial charge is 0.273 e. The number of alkyl halides is 1. The number of carbonyl (C=O) groups excluding carboxylic acids is 1. The molecule has 0 bridgehead atoms. The van der Waals surface area contributed by atoms with E-state index < -0.39 is 5.67 Å². The van der Waals surface area contributed by atoms with Crippen LogP contribution < -0.4 is 5.43 Å². The van der Waals surface area contributed by atoms with Crippen molar-refractivity contribution in [1.82, 2.24) is 5.43 Å². The van der Waals surface area contributed by atoms with Crippen LogP contribution in [0, 0.1) is 5.92 Å². The van der Waals surface area contributed by atoms with E-state index >= 15 is 0 Å². The van der Waals surface area contributed by atoms with Crippen LogP contribution in [0.4, 0.5) is 4.39 Å². The maximum absolute atomic E-state index is 12.9. The molecule has 0 radical (unpaired) electrons. The van der Waals surface area contributed by atoms with E-state index in [1.807, 2.05) is 0 Å². The van der Waals surface area contributed by atoms with Gasteiger partial charge in [0, 0.05) is 5.92 Å². The fraction of sp³-hybridized carbons (Fsp3) is 0.750. The summed E-state index contributed by atoms with van der Waals surface area (Å²) in [6.07, 6.45) is 2.22. The Balaban J connectivity index is 2.25. The minimum absolute atomic E-state index is 0.114. The molecule has 0 aliphatic heterocycles. The number of hydrogen-bond acceptors (Lipinski definition) is 2. The van der Waals surface area contributed by atoms with Gasteiger partial charge >= 0.3 is 0 Å². The summed E-state index contributed by atoms with van der Waals surface area (Å²) in [5, 5.41) is 3.53. The molecule has 0 unspecified atom stereocenters. The molecular weight excluding hydrogens is 159 g/mol. The van der Waals surface area contributed by atoms with Crippen molar-refractivity contribution in [2.45, 2.75) is 32.4 Å². The van der Waals surface area contributed by atoms with Crippen molar-refractivity contribution in [1.29, 1.82) is 0 Å². The van der Waals surface area contributed by atoms with E-state index in [1.165, 1.54) is 6.21 Å². The zero-order valence-corrected chi connectivity index (χ0v) is 7.30. The lowest BCUT2D eigenvalue weighted by Gasteiger charge is -2.01. The maximum atomic E-state index is 12.9. The van der Waals surface area contributed by atoms with E-state index in [4.69, 9.17) is 0 Å². The van der Waals surface area contributed by atoms with E-state index in [0.29, 0.717) is 12.8 Å². The van der Waals surface area contributed by atoms with Crippen molar-refractivity contribution in [3.05, 3.63) is 0 Å². The third-order valence-electron chi connectivity index (χ3n) is 1.72. The van der Waals surface area contributed by atoms with Gasteiger partial charge in [0.25, 0.3) is 0 Å². The molecule has 1 aliphatic rings. The molecule has 0 heterocycles. The third kappa shape index (κ3) is 2.60. The minimum Gasteiger partial charge on any atom is -0.273 e. The van der Waals surface area contributed by atoms with Gasteiger partial charge in [0.05, 0.1) is 6.21 Å². The Morgan fingerprint density at radius 1 is 1.67 bits per heavy atom. The van der Waals surface area contributed by atoms with E-state index in [0.717, 1.165) is 0 Å². The summed E-state index contributed by atoms with van der Waals surface area (Å²) in [4.78, 5) is 10.9. The normalized spacial score (nSPS) is 20.0. The van der Waals surface area contributed by atoms with Gasteiger partial charge in [-0.2, -0.15) is 5.10 Å². The standard InChI is InChI=1S/C8H13FN2O/c1-6(2)7(12)11-10-5-8(9)3-4-8/h5-6H,3-4H2,1-2H3,(H,11,12)/b10-5+. The van der Waals surface area contributed by atoms with Crippen molar-refractivity contribution in [2.75, 3.05) is 0 Å². The lowest BCUT2D eigenvalue weighted by Crippen LogP contribution is -2.23. The first-order valence-corrected chi connectivity index (χ1v) is 4.06. The Kier molecular flexibility index (Phi) is 2.45. The molecule has 1 rings (SSSR count). The number of hydrogen-bond donors (Lipinski definition) is 1. The average Bonchev–Trinajstić information content (AvgIpc) is 2.68. The van der Waals surface area contributed by atoms with Crippen LogP contribution in [0.2, 0.25) is 0 Å². The van der Waals surface area contributed by atoms with Crippen LogP contribution in [-0.2, 0) is 4.79 Å². The molecule has 0 aromatic carbocycles. The Hall–Kier alpha value is -0.930. The molecule has 1 aliphatic carbocycles. The highest BCUT2D eigenvalue weighted by Crippen LogP contribution is 2.37. The topological polar surface area (TPSA) is 41.5 Å². The molecule has 0 atom stereocenters. The number of halogens is 1. The molecule has 3 nitrogen and oxygen atoms in total. The molecule has 1 saturated carbocycles. The van der Waals surface area contributed by atoms with Crippen molar-refractivity contribution in [3.63, 3.8) is 0 Å².